The molecule has 0 aliphatic carbocycles. The highest BCUT2D eigenvalue weighted by Crippen LogP contribution is 2.02. The number of rotatable bonds is 6. The van der Waals surface area contributed by atoms with Crippen LogP contribution in [-0.2, 0) is 14.3 Å². The SMILES string of the molecule is CC(C)OCCC(=O)NC(C)(C)C(=O)O. The van der Waals surface area contributed by atoms with E-state index in [0.717, 1.165) is 0 Å². The minimum atomic E-state index is -1.23. The van der Waals surface area contributed by atoms with Crippen LogP contribution in [0.5, 0.6) is 0 Å². The van der Waals surface area contributed by atoms with Gasteiger partial charge in [-0.2, -0.15) is 0 Å². The van der Waals surface area contributed by atoms with Gasteiger partial charge in [0, 0.05) is 6.42 Å². The van der Waals surface area contributed by atoms with Crippen LogP contribution in [0.25, 0.3) is 0 Å². The lowest BCUT2D eigenvalue weighted by Gasteiger charge is -2.21. The molecule has 0 fully saturated rings. The third-order valence-electron chi connectivity index (χ3n) is 1.77. The summed E-state index contributed by atoms with van der Waals surface area (Å²) in [5.41, 5.74) is -1.23. The van der Waals surface area contributed by atoms with Crippen molar-refractivity contribution < 1.29 is 19.4 Å². The molecular formula is C10H19NO4. The van der Waals surface area contributed by atoms with Gasteiger partial charge in [0.1, 0.15) is 5.54 Å². The first-order chi connectivity index (χ1) is 6.75. The molecule has 0 saturated heterocycles. The zero-order valence-electron chi connectivity index (χ0n) is 9.66. The second-order valence-corrected chi connectivity index (χ2v) is 4.15. The van der Waals surface area contributed by atoms with Crippen LogP contribution in [-0.4, -0.2) is 35.2 Å². The topological polar surface area (TPSA) is 75.6 Å². The number of ether oxygens (including phenoxy) is 1. The minimum absolute atomic E-state index is 0.0743. The molecule has 0 radical (unpaired) electrons. The number of aliphatic carboxylic acids is 1. The number of carboxylic acid groups (broad SMARTS) is 1. The zero-order chi connectivity index (χ0) is 12.1. The maximum absolute atomic E-state index is 11.3. The van der Waals surface area contributed by atoms with Crippen molar-refractivity contribution in [3.8, 4) is 0 Å². The normalized spacial score (nSPS) is 11.5. The van der Waals surface area contributed by atoms with Gasteiger partial charge < -0.3 is 15.2 Å². The van der Waals surface area contributed by atoms with Gasteiger partial charge in [0.05, 0.1) is 12.7 Å². The lowest BCUT2D eigenvalue weighted by molar-refractivity contribution is -0.146. The summed E-state index contributed by atoms with van der Waals surface area (Å²) in [6.07, 6.45) is 0.250. The maximum atomic E-state index is 11.3. The van der Waals surface area contributed by atoms with Crippen molar-refractivity contribution in [1.29, 1.82) is 0 Å². The molecule has 0 aromatic heterocycles. The molecule has 0 rings (SSSR count). The lowest BCUT2D eigenvalue weighted by atomic mass is 10.1. The van der Waals surface area contributed by atoms with E-state index in [4.69, 9.17) is 9.84 Å². The Morgan fingerprint density at radius 1 is 1.40 bits per heavy atom. The van der Waals surface area contributed by atoms with Gasteiger partial charge in [-0.05, 0) is 27.7 Å². The molecule has 88 valence electrons. The number of carbonyl (C=O) groups excluding carboxylic acids is 1. The highest BCUT2D eigenvalue weighted by molar-refractivity contribution is 5.86. The van der Waals surface area contributed by atoms with E-state index in [1.807, 2.05) is 13.8 Å². The molecule has 5 nitrogen and oxygen atoms in total. The first-order valence-corrected chi connectivity index (χ1v) is 4.91. The van der Waals surface area contributed by atoms with Crippen LogP contribution in [0, 0.1) is 0 Å². The van der Waals surface area contributed by atoms with E-state index in [0.29, 0.717) is 6.61 Å². The Morgan fingerprint density at radius 2 is 1.93 bits per heavy atom. The third-order valence-corrected chi connectivity index (χ3v) is 1.77. The van der Waals surface area contributed by atoms with Gasteiger partial charge in [-0.25, -0.2) is 4.79 Å². The number of hydrogen-bond donors (Lipinski definition) is 2. The summed E-state index contributed by atoms with van der Waals surface area (Å²) >= 11 is 0. The number of nitrogens with one attached hydrogen (secondary N) is 1. The molecule has 0 aromatic carbocycles. The molecule has 0 saturated carbocycles. The second kappa shape index (κ2) is 5.70. The number of hydrogen-bond acceptors (Lipinski definition) is 3. The van der Waals surface area contributed by atoms with Crippen molar-refractivity contribution in [3.63, 3.8) is 0 Å². The van der Waals surface area contributed by atoms with Gasteiger partial charge >= 0.3 is 5.97 Å². The van der Waals surface area contributed by atoms with E-state index >= 15 is 0 Å². The second-order valence-electron chi connectivity index (χ2n) is 4.15. The molecular weight excluding hydrogens is 198 g/mol. The van der Waals surface area contributed by atoms with Gasteiger partial charge in [-0.3, -0.25) is 4.79 Å². The quantitative estimate of drug-likeness (QED) is 0.689. The first kappa shape index (κ1) is 13.9. The Hall–Kier alpha value is -1.10. The van der Waals surface area contributed by atoms with E-state index in [9.17, 15) is 9.59 Å². The van der Waals surface area contributed by atoms with E-state index < -0.39 is 11.5 Å². The van der Waals surface area contributed by atoms with Gasteiger partial charge in [-0.15, -0.1) is 0 Å². The van der Waals surface area contributed by atoms with Crippen molar-refractivity contribution in [3.05, 3.63) is 0 Å². The van der Waals surface area contributed by atoms with E-state index in [1.165, 1.54) is 13.8 Å². The minimum Gasteiger partial charge on any atom is -0.480 e. The summed E-state index contributed by atoms with van der Waals surface area (Å²) in [7, 11) is 0. The van der Waals surface area contributed by atoms with Gasteiger partial charge in [-0.1, -0.05) is 0 Å². The summed E-state index contributed by atoms with van der Waals surface area (Å²) in [6, 6.07) is 0. The molecule has 1 amide bonds. The Labute approximate surface area is 89.8 Å². The Morgan fingerprint density at radius 3 is 2.33 bits per heavy atom. The molecule has 5 heteroatoms. The Bertz CT molecular complexity index is 236. The van der Waals surface area contributed by atoms with Crippen LogP contribution in [0.1, 0.15) is 34.1 Å². The molecule has 2 N–H and O–H groups in total. The highest BCUT2D eigenvalue weighted by Gasteiger charge is 2.28. The third kappa shape index (κ3) is 6.06. The van der Waals surface area contributed by atoms with Crippen molar-refractivity contribution >= 4 is 11.9 Å². The van der Waals surface area contributed by atoms with Gasteiger partial charge in [0.15, 0.2) is 0 Å². The van der Waals surface area contributed by atoms with Crippen LogP contribution in [0.3, 0.4) is 0 Å². The van der Waals surface area contributed by atoms with Crippen molar-refractivity contribution in [2.75, 3.05) is 6.61 Å². The fourth-order valence-corrected chi connectivity index (χ4v) is 0.852. The first-order valence-electron chi connectivity index (χ1n) is 4.91. The van der Waals surface area contributed by atoms with Crippen LogP contribution < -0.4 is 5.32 Å². The van der Waals surface area contributed by atoms with Crippen LogP contribution in [0.15, 0.2) is 0 Å². The summed E-state index contributed by atoms with van der Waals surface area (Å²) in [5.74, 6) is -1.37. The molecule has 0 spiro atoms. The van der Waals surface area contributed by atoms with Crippen molar-refractivity contribution in [1.82, 2.24) is 5.32 Å². The average molecular weight is 217 g/mol. The van der Waals surface area contributed by atoms with E-state index in [1.54, 1.807) is 0 Å². The summed E-state index contributed by atoms with van der Waals surface area (Å²) in [4.78, 5) is 22.0. The fraction of sp³-hybridized carbons (Fsp3) is 0.800. The standard InChI is InChI=1S/C10H19NO4/c1-7(2)15-6-5-8(12)11-10(3,4)9(13)14/h7H,5-6H2,1-4H3,(H,11,12)(H,13,14). The lowest BCUT2D eigenvalue weighted by Crippen LogP contribution is -2.49. The Kier molecular flexibility index (Phi) is 5.28. The largest absolute Gasteiger partial charge is 0.480 e. The Balaban J connectivity index is 3.89. The predicted octanol–water partition coefficient (Wildman–Crippen LogP) is 0.781. The molecule has 0 aromatic rings. The van der Waals surface area contributed by atoms with Crippen LogP contribution in [0.2, 0.25) is 0 Å². The number of amides is 1. The highest BCUT2D eigenvalue weighted by atomic mass is 16.5. The number of carbonyl (C=O) groups is 2. The molecule has 15 heavy (non-hydrogen) atoms. The molecule has 0 aliphatic rings. The summed E-state index contributed by atoms with van der Waals surface area (Å²) in [6.45, 7) is 6.93. The maximum Gasteiger partial charge on any atom is 0.328 e. The smallest absolute Gasteiger partial charge is 0.328 e. The summed E-state index contributed by atoms with van der Waals surface area (Å²) < 4.78 is 5.18. The zero-order valence-corrected chi connectivity index (χ0v) is 9.66. The van der Waals surface area contributed by atoms with E-state index in [-0.39, 0.29) is 18.4 Å². The predicted molar refractivity (Wildman–Crippen MR) is 55.6 cm³/mol. The van der Waals surface area contributed by atoms with Crippen LogP contribution in [0.4, 0.5) is 0 Å². The molecule has 0 bridgehead atoms. The fourth-order valence-electron chi connectivity index (χ4n) is 0.852. The van der Waals surface area contributed by atoms with Crippen molar-refractivity contribution in [2.24, 2.45) is 0 Å². The van der Waals surface area contributed by atoms with Crippen LogP contribution >= 0.6 is 0 Å². The average Bonchev–Trinajstić information content (AvgIpc) is 2.01. The molecule has 0 heterocycles. The monoisotopic (exact) mass is 217 g/mol. The van der Waals surface area contributed by atoms with Gasteiger partial charge in [0.2, 0.25) is 5.91 Å². The van der Waals surface area contributed by atoms with E-state index in [2.05, 4.69) is 5.32 Å². The molecule has 0 aliphatic heterocycles. The summed E-state index contributed by atoms with van der Waals surface area (Å²) in [5, 5.41) is 11.2. The van der Waals surface area contributed by atoms with Crippen molar-refractivity contribution in [2.45, 2.75) is 45.8 Å². The van der Waals surface area contributed by atoms with Gasteiger partial charge in [0.25, 0.3) is 0 Å². The molecule has 0 atom stereocenters. The molecule has 0 unspecified atom stereocenters. The number of carboxylic acids is 1.